The van der Waals surface area contributed by atoms with Crippen molar-refractivity contribution >= 4 is 33.8 Å². The molecule has 0 N–H and O–H groups in total. The number of aromatic nitrogens is 2. The predicted octanol–water partition coefficient (Wildman–Crippen LogP) is 7.81. The van der Waals surface area contributed by atoms with Crippen LogP contribution in [0.15, 0.2) is 35.1 Å². The summed E-state index contributed by atoms with van der Waals surface area (Å²) in [6, 6.07) is 0.685. The lowest BCUT2D eigenvalue weighted by Gasteiger charge is -2.47. The number of nitrogens with zero attached hydrogens (tertiary/aromatic N) is 4. The highest BCUT2D eigenvalue weighted by Crippen LogP contribution is 2.39. The number of piperidine rings is 1. The summed E-state index contributed by atoms with van der Waals surface area (Å²) in [5.41, 5.74) is -2.95. The van der Waals surface area contributed by atoms with Crippen LogP contribution in [0.1, 0.15) is 82.4 Å². The molecule has 2 fully saturated rings. The Morgan fingerprint density at radius 1 is 0.933 bits per heavy atom. The van der Waals surface area contributed by atoms with Crippen molar-refractivity contribution < 1.29 is 40.7 Å². The number of carbonyl (C=O) groups is 2. The van der Waals surface area contributed by atoms with E-state index in [0.29, 0.717) is 43.2 Å². The minimum Gasteiger partial charge on any atom is -0.466 e. The van der Waals surface area contributed by atoms with Crippen LogP contribution >= 0.6 is 15.9 Å². The highest BCUT2D eigenvalue weighted by molar-refractivity contribution is 9.10. The summed E-state index contributed by atoms with van der Waals surface area (Å²) in [7, 11) is 0. The minimum absolute atomic E-state index is 0.0298. The molecule has 1 amide bonds. The molecule has 2 heterocycles. The van der Waals surface area contributed by atoms with Gasteiger partial charge in [0.2, 0.25) is 11.9 Å². The van der Waals surface area contributed by atoms with Crippen LogP contribution in [0.2, 0.25) is 0 Å². The SMILES string of the molecule is CCOC(=O)CC1CCC(C(=O)N2[C@H](C)CC(N(Cc3cc(C(F)(F)F)cc(C(F)(F)F)c3)c3ncc(Br)cn3)C[C@@H]2C)CC1. The molecule has 7 nitrogen and oxygen atoms in total. The van der Waals surface area contributed by atoms with Crippen molar-refractivity contribution in [2.45, 2.75) is 103 Å². The van der Waals surface area contributed by atoms with Crippen molar-refractivity contribution in [3.8, 4) is 0 Å². The van der Waals surface area contributed by atoms with E-state index in [9.17, 15) is 35.9 Å². The number of alkyl halides is 6. The number of ether oxygens (including phenoxy) is 1. The Morgan fingerprint density at radius 3 is 1.96 bits per heavy atom. The second kappa shape index (κ2) is 14.3. The minimum atomic E-state index is -4.97. The third kappa shape index (κ3) is 8.88. The second-order valence-electron chi connectivity index (χ2n) is 12.0. The van der Waals surface area contributed by atoms with Gasteiger partial charge in [-0.1, -0.05) is 0 Å². The fraction of sp³-hybridized carbons (Fsp3) is 0.613. The van der Waals surface area contributed by atoms with Crippen LogP contribution < -0.4 is 4.90 Å². The molecule has 0 spiro atoms. The quantitative estimate of drug-likeness (QED) is 0.206. The maximum absolute atomic E-state index is 13.7. The molecule has 14 heteroatoms. The number of rotatable bonds is 8. The first-order valence-corrected chi connectivity index (χ1v) is 15.9. The number of esters is 1. The lowest BCUT2D eigenvalue weighted by Crippen LogP contribution is -2.56. The van der Waals surface area contributed by atoms with Crippen LogP contribution in [0.5, 0.6) is 0 Å². The van der Waals surface area contributed by atoms with Gasteiger partial charge in [0.05, 0.1) is 22.2 Å². The third-order valence-corrected chi connectivity index (χ3v) is 9.10. The van der Waals surface area contributed by atoms with Crippen molar-refractivity contribution in [2.75, 3.05) is 11.5 Å². The molecule has 1 saturated carbocycles. The number of likely N-dealkylation sites (tertiary alicyclic amines) is 1. The van der Waals surface area contributed by atoms with E-state index < -0.39 is 23.5 Å². The van der Waals surface area contributed by atoms with Gasteiger partial charge in [0.25, 0.3) is 0 Å². The monoisotopic (exact) mass is 706 g/mol. The van der Waals surface area contributed by atoms with Gasteiger partial charge in [0.15, 0.2) is 0 Å². The number of anilines is 1. The van der Waals surface area contributed by atoms with Crippen LogP contribution in [-0.2, 0) is 33.2 Å². The van der Waals surface area contributed by atoms with Gasteiger partial charge in [-0.05, 0) is 105 Å². The Balaban J connectivity index is 1.54. The van der Waals surface area contributed by atoms with E-state index in [0.717, 1.165) is 25.0 Å². The zero-order valence-electron chi connectivity index (χ0n) is 25.3. The lowest BCUT2D eigenvalue weighted by molar-refractivity contribution is -0.146. The Morgan fingerprint density at radius 2 is 1.47 bits per heavy atom. The lowest BCUT2D eigenvalue weighted by atomic mass is 9.79. The van der Waals surface area contributed by atoms with E-state index >= 15 is 0 Å². The van der Waals surface area contributed by atoms with Crippen molar-refractivity contribution in [3.05, 3.63) is 51.8 Å². The summed E-state index contributed by atoms with van der Waals surface area (Å²) < 4.78 is 87.3. The first kappa shape index (κ1) is 35.0. The van der Waals surface area contributed by atoms with Gasteiger partial charge in [-0.2, -0.15) is 26.3 Å². The maximum Gasteiger partial charge on any atom is 0.416 e. The number of benzene rings is 1. The van der Waals surface area contributed by atoms with E-state index in [1.165, 1.54) is 12.4 Å². The topological polar surface area (TPSA) is 75.6 Å². The Bertz CT molecular complexity index is 1290. The van der Waals surface area contributed by atoms with Gasteiger partial charge in [-0.25, -0.2) is 9.97 Å². The van der Waals surface area contributed by atoms with Gasteiger partial charge >= 0.3 is 18.3 Å². The summed E-state index contributed by atoms with van der Waals surface area (Å²) in [5, 5.41) is 0. The smallest absolute Gasteiger partial charge is 0.416 e. The van der Waals surface area contributed by atoms with Crippen molar-refractivity contribution in [1.29, 1.82) is 0 Å². The van der Waals surface area contributed by atoms with E-state index in [1.54, 1.807) is 11.8 Å². The van der Waals surface area contributed by atoms with Crippen LogP contribution in [0.3, 0.4) is 0 Å². The van der Waals surface area contributed by atoms with Crippen LogP contribution in [0.4, 0.5) is 32.3 Å². The van der Waals surface area contributed by atoms with Gasteiger partial charge in [-0.3, -0.25) is 9.59 Å². The first-order chi connectivity index (χ1) is 21.1. The molecule has 45 heavy (non-hydrogen) atoms. The Hall–Kier alpha value is -2.90. The zero-order valence-corrected chi connectivity index (χ0v) is 26.9. The zero-order chi connectivity index (χ0) is 33.1. The molecule has 1 aliphatic heterocycles. The molecule has 1 unspecified atom stereocenters. The Kier molecular flexibility index (Phi) is 11.1. The molecule has 3 atom stereocenters. The molecular formula is C31H37BrF6N4O3. The third-order valence-electron chi connectivity index (χ3n) is 8.69. The molecule has 1 aromatic heterocycles. The van der Waals surface area contributed by atoms with Gasteiger partial charge in [0.1, 0.15) is 0 Å². The number of hydrogen-bond donors (Lipinski definition) is 0. The molecule has 248 valence electrons. The molecule has 1 saturated heterocycles. The standard InChI is InChI=1S/C31H37BrF6N4O3/c1-4-45-27(43)13-20-5-7-22(8-6-20)28(44)42-18(2)9-26(10-19(42)3)41(29-39-15-25(32)16-40-29)17-21-11-23(30(33,34)35)14-24(12-21)31(36,37)38/h11-12,14-16,18-20,22,26H,4-10,13,17H2,1-3H3/t18-,19+,20?,22?,26?. The Labute approximate surface area is 266 Å². The summed E-state index contributed by atoms with van der Waals surface area (Å²) in [5.74, 6) is -0.0327. The average Bonchev–Trinajstić information content (AvgIpc) is 2.95. The van der Waals surface area contributed by atoms with E-state index in [2.05, 4.69) is 25.9 Å². The van der Waals surface area contributed by atoms with E-state index in [1.807, 2.05) is 18.7 Å². The highest BCUT2D eigenvalue weighted by atomic mass is 79.9. The fourth-order valence-corrected chi connectivity index (χ4v) is 6.84. The highest BCUT2D eigenvalue weighted by Gasteiger charge is 2.41. The molecule has 0 bridgehead atoms. The van der Waals surface area contributed by atoms with Crippen molar-refractivity contribution in [3.63, 3.8) is 0 Å². The van der Waals surface area contributed by atoms with Gasteiger partial charge in [-0.15, -0.1) is 0 Å². The average molecular weight is 708 g/mol. The number of amides is 1. The predicted molar refractivity (Wildman–Crippen MR) is 158 cm³/mol. The molecule has 1 aliphatic carbocycles. The summed E-state index contributed by atoms with van der Waals surface area (Å²) >= 11 is 3.26. The van der Waals surface area contributed by atoms with Crippen molar-refractivity contribution in [1.82, 2.24) is 14.9 Å². The number of hydrogen-bond acceptors (Lipinski definition) is 6. The molecule has 2 aliphatic rings. The molecule has 0 radical (unpaired) electrons. The summed E-state index contributed by atoms with van der Waals surface area (Å²) in [6.45, 7) is 5.60. The van der Waals surface area contributed by atoms with Crippen LogP contribution in [-0.4, -0.2) is 51.5 Å². The van der Waals surface area contributed by atoms with Gasteiger partial charge < -0.3 is 14.5 Å². The summed E-state index contributed by atoms with van der Waals surface area (Å²) in [4.78, 5) is 37.7. The number of halogens is 7. The maximum atomic E-state index is 13.7. The summed E-state index contributed by atoms with van der Waals surface area (Å²) in [6.07, 6.45) is -3.01. The fourth-order valence-electron chi connectivity index (χ4n) is 6.64. The van der Waals surface area contributed by atoms with Crippen LogP contribution in [0, 0.1) is 11.8 Å². The molecule has 4 rings (SSSR count). The normalized spacial score (nSPS) is 24.3. The number of carbonyl (C=O) groups excluding carboxylic acids is 2. The molecule has 2 aromatic rings. The van der Waals surface area contributed by atoms with Gasteiger partial charge in [0, 0.05) is 49.4 Å². The largest absolute Gasteiger partial charge is 0.466 e. The second-order valence-corrected chi connectivity index (χ2v) is 13.0. The molecule has 1 aromatic carbocycles. The van der Waals surface area contributed by atoms with Crippen LogP contribution in [0.25, 0.3) is 0 Å². The molecular weight excluding hydrogens is 670 g/mol. The first-order valence-electron chi connectivity index (χ1n) is 15.1. The van der Waals surface area contributed by atoms with Crippen molar-refractivity contribution in [2.24, 2.45) is 11.8 Å². The van der Waals surface area contributed by atoms with E-state index in [-0.39, 0.29) is 66.0 Å². The van der Waals surface area contributed by atoms with E-state index in [4.69, 9.17) is 4.74 Å².